The normalized spacial score (nSPS) is 12.1. The van der Waals surface area contributed by atoms with Crippen molar-refractivity contribution in [2.75, 3.05) is 6.54 Å². The number of thiazole rings is 1. The fraction of sp³-hybridized carbons (Fsp3) is 0.286. The first-order valence-corrected chi connectivity index (χ1v) is 8.98. The summed E-state index contributed by atoms with van der Waals surface area (Å²) in [4.78, 5) is 17.3. The van der Waals surface area contributed by atoms with Crippen molar-refractivity contribution >= 4 is 44.9 Å². The van der Waals surface area contributed by atoms with Gasteiger partial charge in [-0.1, -0.05) is 22.9 Å². The summed E-state index contributed by atoms with van der Waals surface area (Å²) in [5, 5.41) is 5.70. The molecule has 0 aliphatic rings. The maximum absolute atomic E-state index is 12.0. The van der Waals surface area contributed by atoms with Crippen LogP contribution in [0.2, 0.25) is 0 Å². The van der Waals surface area contributed by atoms with Crippen LogP contribution in [0.4, 0.5) is 0 Å². The van der Waals surface area contributed by atoms with Crippen LogP contribution < -0.4 is 11.1 Å². The zero-order valence-electron chi connectivity index (χ0n) is 11.5. The number of hydrogen-bond acceptors (Lipinski definition) is 5. The third kappa shape index (κ3) is 5.10. The fourth-order valence-corrected chi connectivity index (χ4v) is 3.47. The second kappa shape index (κ2) is 7.93. The number of nitrogens with one attached hydrogen (secondary N) is 1. The van der Waals surface area contributed by atoms with E-state index < -0.39 is 0 Å². The van der Waals surface area contributed by atoms with Crippen LogP contribution in [0.1, 0.15) is 22.4 Å². The summed E-state index contributed by atoms with van der Waals surface area (Å²) in [7, 11) is 0. The van der Waals surface area contributed by atoms with Crippen LogP contribution in [-0.4, -0.2) is 22.7 Å². The molecule has 2 aromatic rings. The first-order chi connectivity index (χ1) is 10.1. The van der Waals surface area contributed by atoms with Gasteiger partial charge in [0.1, 0.15) is 10.7 Å². The Morgan fingerprint density at radius 1 is 1.48 bits per heavy atom. The summed E-state index contributed by atoms with van der Waals surface area (Å²) in [5.74, 6) is -0.144. The van der Waals surface area contributed by atoms with Crippen LogP contribution in [0.3, 0.4) is 0 Å². The first-order valence-electron chi connectivity index (χ1n) is 6.43. The number of halogens is 1. The molecule has 0 aliphatic carbocycles. The maximum atomic E-state index is 12.0. The molecule has 1 aromatic carbocycles. The molecule has 2 rings (SSSR count). The van der Waals surface area contributed by atoms with Gasteiger partial charge in [0.05, 0.1) is 0 Å². The Bertz CT molecular complexity index is 601. The van der Waals surface area contributed by atoms with Gasteiger partial charge in [-0.05, 0) is 24.3 Å². The zero-order chi connectivity index (χ0) is 15.2. The van der Waals surface area contributed by atoms with E-state index in [1.165, 1.54) is 16.2 Å². The Kier molecular flexibility index (Phi) is 6.22. The van der Waals surface area contributed by atoms with Gasteiger partial charge < -0.3 is 11.1 Å². The van der Waals surface area contributed by atoms with E-state index in [2.05, 4.69) is 45.3 Å². The number of nitrogens with two attached hydrogens (primary N) is 1. The van der Waals surface area contributed by atoms with Gasteiger partial charge in [0.25, 0.3) is 5.91 Å². The second-order valence-corrected chi connectivity index (χ2v) is 7.79. The average Bonchev–Trinajstić information content (AvgIpc) is 2.96. The molecule has 0 fully saturated rings. The Labute approximate surface area is 140 Å². The van der Waals surface area contributed by atoms with Crippen LogP contribution in [0, 0.1) is 0 Å². The van der Waals surface area contributed by atoms with Crippen LogP contribution in [0.25, 0.3) is 0 Å². The third-order valence-electron chi connectivity index (χ3n) is 2.66. The van der Waals surface area contributed by atoms with Crippen LogP contribution >= 0.6 is 39.0 Å². The molecule has 1 amide bonds. The van der Waals surface area contributed by atoms with Gasteiger partial charge >= 0.3 is 0 Å². The van der Waals surface area contributed by atoms with Crippen LogP contribution in [-0.2, 0) is 6.54 Å². The molecule has 0 spiro atoms. The van der Waals surface area contributed by atoms with Crippen molar-refractivity contribution in [3.05, 3.63) is 44.8 Å². The number of thioether (sulfide) groups is 1. The van der Waals surface area contributed by atoms with Crippen molar-refractivity contribution < 1.29 is 4.79 Å². The Morgan fingerprint density at radius 3 is 2.81 bits per heavy atom. The van der Waals surface area contributed by atoms with Gasteiger partial charge in [-0.15, -0.1) is 23.1 Å². The number of carbonyl (C=O) groups is 1. The number of amides is 1. The molecule has 4 nitrogen and oxygen atoms in total. The quantitative estimate of drug-likeness (QED) is 0.748. The highest BCUT2D eigenvalue weighted by Crippen LogP contribution is 2.24. The smallest absolute Gasteiger partial charge is 0.270 e. The van der Waals surface area contributed by atoms with Crippen LogP contribution in [0.15, 0.2) is 39.0 Å². The molecule has 1 unspecified atom stereocenters. The Hall–Kier alpha value is -0.890. The Balaban J connectivity index is 1.81. The number of carbonyl (C=O) groups excluding carboxylic acids is 1. The molecule has 1 heterocycles. The number of nitrogens with zero attached hydrogens (tertiary/aromatic N) is 1. The molecule has 0 aliphatic heterocycles. The van der Waals surface area contributed by atoms with Crippen molar-refractivity contribution in [2.45, 2.75) is 23.6 Å². The molecule has 1 atom stereocenters. The highest BCUT2D eigenvalue weighted by molar-refractivity contribution is 9.10. The highest BCUT2D eigenvalue weighted by atomic mass is 79.9. The molecule has 0 bridgehead atoms. The monoisotopic (exact) mass is 385 g/mol. The maximum Gasteiger partial charge on any atom is 0.270 e. The molecule has 0 saturated heterocycles. The lowest BCUT2D eigenvalue weighted by Gasteiger charge is -2.12. The predicted octanol–water partition coefficient (Wildman–Crippen LogP) is 3.27. The minimum Gasteiger partial charge on any atom is -0.350 e. The third-order valence-corrected chi connectivity index (χ3v) is 5.17. The molecule has 1 aromatic heterocycles. The topological polar surface area (TPSA) is 68.0 Å². The van der Waals surface area contributed by atoms with E-state index in [-0.39, 0.29) is 11.2 Å². The fourth-order valence-electron chi connectivity index (χ4n) is 1.62. The number of aromatic nitrogens is 1. The lowest BCUT2D eigenvalue weighted by molar-refractivity contribution is 0.0949. The predicted molar refractivity (Wildman–Crippen MR) is 91.8 cm³/mol. The lowest BCUT2D eigenvalue weighted by atomic mass is 10.4. The minimum atomic E-state index is -0.144. The zero-order valence-corrected chi connectivity index (χ0v) is 14.7. The number of hydrogen-bond donors (Lipinski definition) is 2. The molecular formula is C14H16BrN3OS2. The van der Waals surface area contributed by atoms with Crippen molar-refractivity contribution in [1.82, 2.24) is 10.3 Å². The summed E-state index contributed by atoms with van der Waals surface area (Å²) in [6, 6.07) is 8.14. The lowest BCUT2D eigenvalue weighted by Crippen LogP contribution is -2.29. The first kappa shape index (κ1) is 16.5. The number of benzene rings is 1. The molecule has 0 saturated carbocycles. The number of rotatable bonds is 6. The van der Waals surface area contributed by atoms with Crippen LogP contribution in [0.5, 0.6) is 0 Å². The summed E-state index contributed by atoms with van der Waals surface area (Å²) in [6.45, 7) is 3.04. The largest absolute Gasteiger partial charge is 0.350 e. The van der Waals surface area contributed by atoms with Gasteiger partial charge in [-0.25, -0.2) is 4.98 Å². The standard InChI is InChI=1S/C14H16BrN3OS2/c1-9(21-11-4-2-10(15)3-5-11)7-17-14(19)12-8-20-13(6-16)18-12/h2-5,8-9H,6-7,16H2,1H3,(H,17,19). The summed E-state index contributed by atoms with van der Waals surface area (Å²) >= 11 is 6.55. The summed E-state index contributed by atoms with van der Waals surface area (Å²) in [6.07, 6.45) is 0. The van der Waals surface area contributed by atoms with Gasteiger partial charge in [-0.3, -0.25) is 4.79 Å². The highest BCUT2D eigenvalue weighted by Gasteiger charge is 2.12. The second-order valence-electron chi connectivity index (χ2n) is 4.42. The molecule has 7 heteroatoms. The summed E-state index contributed by atoms with van der Waals surface area (Å²) in [5.41, 5.74) is 5.94. The molecule has 0 radical (unpaired) electrons. The van der Waals surface area contributed by atoms with Gasteiger partial charge in [0.15, 0.2) is 0 Å². The van der Waals surface area contributed by atoms with Gasteiger partial charge in [0, 0.05) is 33.1 Å². The van der Waals surface area contributed by atoms with E-state index >= 15 is 0 Å². The van der Waals surface area contributed by atoms with Crippen molar-refractivity contribution in [3.8, 4) is 0 Å². The molecule has 21 heavy (non-hydrogen) atoms. The minimum absolute atomic E-state index is 0.144. The van der Waals surface area contributed by atoms with E-state index in [0.717, 1.165) is 9.48 Å². The van der Waals surface area contributed by atoms with Crippen molar-refractivity contribution in [1.29, 1.82) is 0 Å². The molecular weight excluding hydrogens is 370 g/mol. The SMILES string of the molecule is CC(CNC(=O)c1csc(CN)n1)Sc1ccc(Br)cc1. The van der Waals surface area contributed by atoms with E-state index in [0.29, 0.717) is 18.8 Å². The Morgan fingerprint density at radius 2 is 2.19 bits per heavy atom. The van der Waals surface area contributed by atoms with E-state index in [1.807, 2.05) is 12.1 Å². The van der Waals surface area contributed by atoms with Crippen molar-refractivity contribution in [3.63, 3.8) is 0 Å². The van der Waals surface area contributed by atoms with Crippen molar-refractivity contribution in [2.24, 2.45) is 5.73 Å². The summed E-state index contributed by atoms with van der Waals surface area (Å²) < 4.78 is 1.06. The van der Waals surface area contributed by atoms with E-state index in [4.69, 9.17) is 5.73 Å². The van der Waals surface area contributed by atoms with E-state index in [1.54, 1.807) is 17.1 Å². The average molecular weight is 386 g/mol. The van der Waals surface area contributed by atoms with E-state index in [9.17, 15) is 4.79 Å². The molecule has 3 N–H and O–H groups in total. The molecule has 112 valence electrons. The van der Waals surface area contributed by atoms with Gasteiger partial charge in [0.2, 0.25) is 0 Å². The van der Waals surface area contributed by atoms with Gasteiger partial charge in [-0.2, -0.15) is 0 Å².